The Morgan fingerprint density at radius 1 is 0.674 bits per heavy atom. The van der Waals surface area contributed by atoms with Crippen LogP contribution in [0.4, 0.5) is 0 Å². The van der Waals surface area contributed by atoms with Crippen LogP contribution in [0.1, 0.15) is 67.0 Å². The average Bonchev–Trinajstić information content (AvgIpc) is 3.53. The molecule has 0 heterocycles. The fourth-order valence-electron chi connectivity index (χ4n) is 8.16. The van der Waals surface area contributed by atoms with Crippen LogP contribution in [-0.4, -0.2) is 5.92 Å². The molecule has 0 aliphatic heterocycles. The molecule has 0 saturated heterocycles. The molecule has 0 spiro atoms. The van der Waals surface area contributed by atoms with E-state index in [0.29, 0.717) is 5.92 Å². The van der Waals surface area contributed by atoms with E-state index < -0.39 is 21.5 Å². The van der Waals surface area contributed by atoms with Crippen LogP contribution in [0.25, 0.3) is 34.4 Å². The quantitative estimate of drug-likeness (QED) is 0.176. The topological polar surface area (TPSA) is 0 Å². The predicted molar refractivity (Wildman–Crippen MR) is 190 cm³/mol. The van der Waals surface area contributed by atoms with Crippen molar-refractivity contribution in [1.29, 1.82) is 0 Å². The number of fused-ring (bicyclic) bond motifs is 2. The molecule has 0 N–H and O–H groups in total. The minimum atomic E-state index is -4.80. The zero-order valence-electron chi connectivity index (χ0n) is 26.7. The number of rotatable bonds is 6. The first kappa shape index (κ1) is 31.0. The maximum atomic E-state index is 8.61. The zero-order valence-corrected chi connectivity index (χ0v) is 31.9. The third-order valence-corrected chi connectivity index (χ3v) is 62.1. The van der Waals surface area contributed by atoms with Crippen LogP contribution in [0.5, 0.6) is 0 Å². The van der Waals surface area contributed by atoms with E-state index in [1.165, 1.54) is 72.3 Å². The Kier molecular flexibility index (Phi) is 8.04. The summed E-state index contributed by atoms with van der Waals surface area (Å²) in [5.74, 6) is -1.26. The van der Waals surface area contributed by atoms with Crippen molar-refractivity contribution in [1.82, 2.24) is 0 Å². The molecule has 0 fully saturated rings. The molecule has 0 saturated carbocycles. The van der Waals surface area contributed by atoms with Gasteiger partial charge in [-0.15, -0.1) is 0 Å². The first-order chi connectivity index (χ1) is 20.3. The van der Waals surface area contributed by atoms with E-state index in [-0.39, 0.29) is 7.25 Å². The molecule has 0 radical (unpaired) electrons. The van der Waals surface area contributed by atoms with E-state index in [9.17, 15) is 0 Å². The molecule has 0 aromatic heterocycles. The summed E-state index contributed by atoms with van der Waals surface area (Å²) in [5, 5.41) is 0. The third kappa shape index (κ3) is 4.87. The van der Waals surface area contributed by atoms with Gasteiger partial charge >= 0.3 is 270 Å². The summed E-state index contributed by atoms with van der Waals surface area (Å²) in [6.07, 6.45) is 4.90. The van der Waals surface area contributed by atoms with E-state index >= 15 is 0 Å². The standard InChI is InChI=1S/C19H19.C18H17.C2H7Si.2ClH.Zr/c1-12-7-13(2)9-16(8-12)17-6-5-15(4)18-10-14(3)11-19(17)18;1-13(2)16-11-15-9-6-10-17(18(15)12-16)14-7-4-3-5-8-14;1-3-2;;;/h5-11H,1-4H3;3-13H,1-2H3;3H,1-2H3;2*1H;/q;;;;;+2/p-2. The molecule has 4 heteroatoms. The van der Waals surface area contributed by atoms with Crippen molar-refractivity contribution < 1.29 is 15.6 Å². The van der Waals surface area contributed by atoms with E-state index in [2.05, 4.69) is 146 Å². The third-order valence-electron chi connectivity index (χ3n) is 10.2. The Morgan fingerprint density at radius 2 is 1.33 bits per heavy atom. The van der Waals surface area contributed by atoms with Gasteiger partial charge in [0.2, 0.25) is 0 Å². The molecule has 221 valence electrons. The molecule has 2 atom stereocenters. The van der Waals surface area contributed by atoms with E-state index in [0.717, 1.165) is 0 Å². The number of halogens is 2. The first-order valence-corrected chi connectivity index (χ1v) is 32.0. The Morgan fingerprint density at radius 3 is 1.95 bits per heavy atom. The van der Waals surface area contributed by atoms with Crippen molar-refractivity contribution in [2.24, 2.45) is 5.92 Å². The normalized spacial score (nSPS) is 18.7. The second-order valence-electron chi connectivity index (χ2n) is 13.7. The molecule has 6 rings (SSSR count). The van der Waals surface area contributed by atoms with Gasteiger partial charge in [-0.2, -0.15) is 0 Å². The van der Waals surface area contributed by atoms with Crippen molar-refractivity contribution in [3.05, 3.63) is 129 Å². The summed E-state index contributed by atoms with van der Waals surface area (Å²) < 4.78 is 0.189. The zero-order chi connectivity index (χ0) is 30.9. The van der Waals surface area contributed by atoms with Crippen molar-refractivity contribution in [2.75, 3.05) is 0 Å². The van der Waals surface area contributed by atoms with Crippen LogP contribution in [0.2, 0.25) is 13.1 Å². The Bertz CT molecular complexity index is 1790. The van der Waals surface area contributed by atoms with Crippen LogP contribution in [0.3, 0.4) is 0 Å². The Balaban J connectivity index is 1.61. The summed E-state index contributed by atoms with van der Waals surface area (Å²) in [7, 11) is 17.2. The predicted octanol–water partition coefficient (Wildman–Crippen LogP) is 12.2. The fourth-order valence-corrected chi connectivity index (χ4v) is 40.4. The van der Waals surface area contributed by atoms with Crippen molar-refractivity contribution in [3.8, 4) is 22.3 Å². The SMILES string of the molecule is CC1=Cc2c(-c3cc(C)cc(C)c3)ccc(C)c2[CH]1[Zr]([Cl])([Cl])([CH]1C(C(C)C)=Cc2c(-c3ccccc3)cccc21)[SiH](C)C. The number of hydrogen-bond donors (Lipinski definition) is 0. The van der Waals surface area contributed by atoms with Gasteiger partial charge in [0.05, 0.1) is 0 Å². The molecule has 4 aromatic carbocycles. The summed E-state index contributed by atoms with van der Waals surface area (Å²) >= 11 is -4.80. The van der Waals surface area contributed by atoms with E-state index in [4.69, 9.17) is 17.0 Å². The van der Waals surface area contributed by atoms with Gasteiger partial charge < -0.3 is 0 Å². The van der Waals surface area contributed by atoms with Crippen molar-refractivity contribution in [2.45, 2.75) is 61.9 Å². The monoisotopic (exact) mass is 699 g/mol. The van der Waals surface area contributed by atoms with E-state index in [1.54, 1.807) is 0 Å². The Labute approximate surface area is 267 Å². The van der Waals surface area contributed by atoms with Crippen LogP contribution in [0, 0.1) is 26.7 Å². The van der Waals surface area contributed by atoms with Gasteiger partial charge in [0.15, 0.2) is 0 Å². The van der Waals surface area contributed by atoms with Crippen LogP contribution >= 0.6 is 17.0 Å². The van der Waals surface area contributed by atoms with E-state index in [1.807, 2.05) is 0 Å². The van der Waals surface area contributed by atoms with Crippen molar-refractivity contribution >= 4 is 35.1 Å². The number of aryl methyl sites for hydroxylation is 3. The average molecular weight is 702 g/mol. The van der Waals surface area contributed by atoms with Gasteiger partial charge in [-0.1, -0.05) is 0 Å². The maximum absolute atomic E-state index is 8.61. The van der Waals surface area contributed by atoms with Crippen molar-refractivity contribution in [3.63, 3.8) is 0 Å². The van der Waals surface area contributed by atoms with Gasteiger partial charge in [-0.05, 0) is 0 Å². The van der Waals surface area contributed by atoms with Gasteiger partial charge in [0.25, 0.3) is 0 Å². The minimum absolute atomic E-state index is 0.0933. The van der Waals surface area contributed by atoms with Gasteiger partial charge in [-0.3, -0.25) is 0 Å². The molecule has 4 aromatic rings. The molecule has 0 amide bonds. The second-order valence-corrected chi connectivity index (χ2v) is 56.2. The Hall–Kier alpha value is -1.96. The number of benzene rings is 4. The van der Waals surface area contributed by atoms with Crippen LogP contribution < -0.4 is 0 Å². The summed E-state index contributed by atoms with van der Waals surface area (Å²) in [6, 6.07) is 29.1. The van der Waals surface area contributed by atoms with Crippen LogP contribution in [-0.2, 0) is 15.6 Å². The van der Waals surface area contributed by atoms with Crippen LogP contribution in [0.15, 0.2) is 90.0 Å². The molecule has 0 bridgehead atoms. The van der Waals surface area contributed by atoms with Gasteiger partial charge in [-0.25, -0.2) is 0 Å². The summed E-state index contributed by atoms with van der Waals surface area (Å²) in [4.78, 5) is 0. The molecule has 2 aliphatic rings. The second kappa shape index (κ2) is 11.1. The molecular formula is C39H43Cl2SiZr. The number of allylic oxidation sites excluding steroid dienone is 2. The van der Waals surface area contributed by atoms with Gasteiger partial charge in [0.1, 0.15) is 0 Å². The molecular weight excluding hydrogens is 659 g/mol. The number of hydrogen-bond acceptors (Lipinski definition) is 0. The molecule has 0 nitrogen and oxygen atoms in total. The summed E-state index contributed by atoms with van der Waals surface area (Å²) in [5.41, 5.74) is 17.2. The summed E-state index contributed by atoms with van der Waals surface area (Å²) in [6.45, 7) is 18.5. The fraction of sp³-hybridized carbons (Fsp3) is 0.282. The molecule has 2 aliphatic carbocycles. The van der Waals surface area contributed by atoms with Gasteiger partial charge in [0, 0.05) is 0 Å². The molecule has 43 heavy (non-hydrogen) atoms. The molecule has 2 unspecified atom stereocenters. The first-order valence-electron chi connectivity index (χ1n) is 15.7.